The Bertz CT molecular complexity index is 718. The highest BCUT2D eigenvalue weighted by Gasteiger charge is 2.05. The van der Waals surface area contributed by atoms with Crippen molar-refractivity contribution in [1.82, 2.24) is 0 Å². The van der Waals surface area contributed by atoms with Crippen molar-refractivity contribution in [3.05, 3.63) is 58.8 Å². The summed E-state index contributed by atoms with van der Waals surface area (Å²) >= 11 is 3.41. The summed E-state index contributed by atoms with van der Waals surface area (Å²) in [7, 11) is 0. The van der Waals surface area contributed by atoms with Crippen LogP contribution in [0.5, 0.6) is 11.5 Å². The van der Waals surface area contributed by atoms with E-state index in [1.807, 2.05) is 24.3 Å². The Balaban J connectivity index is 1.78. The van der Waals surface area contributed by atoms with Crippen LogP contribution in [0, 0.1) is 0 Å². The van der Waals surface area contributed by atoms with E-state index in [2.05, 4.69) is 15.9 Å². The first-order chi connectivity index (χ1) is 9.20. The molecule has 0 saturated heterocycles. The molecule has 3 rings (SSSR count). The summed E-state index contributed by atoms with van der Waals surface area (Å²) in [5.41, 5.74) is 0.823. The van der Waals surface area contributed by atoms with Crippen LogP contribution in [-0.2, 0) is 6.61 Å². The quantitative estimate of drug-likeness (QED) is 0.774. The van der Waals surface area contributed by atoms with E-state index in [9.17, 15) is 5.11 Å². The number of aromatic hydroxyl groups is 1. The molecule has 3 nitrogen and oxygen atoms in total. The van der Waals surface area contributed by atoms with Crippen molar-refractivity contribution in [2.75, 3.05) is 0 Å². The van der Waals surface area contributed by atoms with E-state index in [0.29, 0.717) is 12.4 Å². The standard InChI is InChI=1S/C15H11BrO3/c16-11-5-4-10-6-14(19-15(10)7-11)9-18-13-3-1-2-12(17)8-13/h1-8,17H,9H2. The van der Waals surface area contributed by atoms with Crippen molar-refractivity contribution in [1.29, 1.82) is 0 Å². The third kappa shape index (κ3) is 2.74. The monoisotopic (exact) mass is 318 g/mol. The molecule has 0 aliphatic heterocycles. The molecule has 0 unspecified atom stereocenters. The topological polar surface area (TPSA) is 42.6 Å². The van der Waals surface area contributed by atoms with Crippen molar-refractivity contribution in [3.8, 4) is 11.5 Å². The van der Waals surface area contributed by atoms with Crippen molar-refractivity contribution >= 4 is 26.9 Å². The Morgan fingerprint density at radius 3 is 2.84 bits per heavy atom. The van der Waals surface area contributed by atoms with Gasteiger partial charge in [-0.05, 0) is 36.4 Å². The van der Waals surface area contributed by atoms with Crippen molar-refractivity contribution < 1.29 is 14.3 Å². The summed E-state index contributed by atoms with van der Waals surface area (Å²) in [6, 6.07) is 14.5. The van der Waals surface area contributed by atoms with Crippen LogP contribution in [-0.4, -0.2) is 5.11 Å². The van der Waals surface area contributed by atoms with Crippen molar-refractivity contribution in [2.45, 2.75) is 6.61 Å². The molecule has 0 bridgehead atoms. The summed E-state index contributed by atoms with van der Waals surface area (Å²) in [5.74, 6) is 1.55. The van der Waals surface area contributed by atoms with Gasteiger partial charge in [-0.25, -0.2) is 0 Å². The average Bonchev–Trinajstić information content (AvgIpc) is 2.78. The molecule has 1 aromatic heterocycles. The van der Waals surface area contributed by atoms with Gasteiger partial charge in [-0.1, -0.05) is 22.0 Å². The fraction of sp³-hybridized carbons (Fsp3) is 0.0667. The van der Waals surface area contributed by atoms with Gasteiger partial charge in [0, 0.05) is 15.9 Å². The lowest BCUT2D eigenvalue weighted by atomic mass is 10.2. The fourth-order valence-corrected chi connectivity index (χ4v) is 2.20. The van der Waals surface area contributed by atoms with E-state index in [1.165, 1.54) is 0 Å². The van der Waals surface area contributed by atoms with Gasteiger partial charge in [0.1, 0.15) is 29.4 Å². The van der Waals surface area contributed by atoms with E-state index < -0.39 is 0 Å². The van der Waals surface area contributed by atoms with Gasteiger partial charge in [-0.2, -0.15) is 0 Å². The largest absolute Gasteiger partial charge is 0.508 e. The Kier molecular flexibility index (Phi) is 3.17. The van der Waals surface area contributed by atoms with Crippen LogP contribution in [0.1, 0.15) is 5.76 Å². The average molecular weight is 319 g/mol. The molecule has 0 radical (unpaired) electrons. The molecule has 0 aliphatic rings. The maximum Gasteiger partial charge on any atom is 0.146 e. The third-order valence-corrected chi connectivity index (χ3v) is 3.23. The zero-order chi connectivity index (χ0) is 13.2. The maximum atomic E-state index is 9.35. The number of phenolic OH excluding ortho intramolecular Hbond substituents is 1. The summed E-state index contributed by atoms with van der Waals surface area (Å²) in [5, 5.41) is 10.4. The van der Waals surface area contributed by atoms with E-state index in [-0.39, 0.29) is 5.75 Å². The number of rotatable bonds is 3. The molecular weight excluding hydrogens is 308 g/mol. The lowest BCUT2D eigenvalue weighted by molar-refractivity contribution is 0.273. The Hall–Kier alpha value is -1.94. The van der Waals surface area contributed by atoms with E-state index in [1.54, 1.807) is 24.3 Å². The first-order valence-electron chi connectivity index (χ1n) is 5.80. The fourth-order valence-electron chi connectivity index (χ4n) is 1.86. The molecule has 0 saturated carbocycles. The highest BCUT2D eigenvalue weighted by atomic mass is 79.9. The highest BCUT2D eigenvalue weighted by Crippen LogP contribution is 2.25. The van der Waals surface area contributed by atoms with Gasteiger partial charge < -0.3 is 14.3 Å². The van der Waals surface area contributed by atoms with Gasteiger partial charge in [-0.3, -0.25) is 0 Å². The van der Waals surface area contributed by atoms with Crippen LogP contribution in [0.15, 0.2) is 57.4 Å². The molecule has 0 spiro atoms. The van der Waals surface area contributed by atoms with Crippen LogP contribution in [0.4, 0.5) is 0 Å². The number of hydrogen-bond donors (Lipinski definition) is 1. The molecule has 3 aromatic rings. The first kappa shape index (κ1) is 12.1. The summed E-state index contributed by atoms with van der Waals surface area (Å²) < 4.78 is 12.2. The summed E-state index contributed by atoms with van der Waals surface area (Å²) in [6.07, 6.45) is 0. The summed E-state index contributed by atoms with van der Waals surface area (Å²) in [4.78, 5) is 0. The van der Waals surface area contributed by atoms with Crippen molar-refractivity contribution in [2.24, 2.45) is 0 Å². The smallest absolute Gasteiger partial charge is 0.146 e. The first-order valence-corrected chi connectivity index (χ1v) is 6.60. The van der Waals surface area contributed by atoms with E-state index in [0.717, 1.165) is 21.2 Å². The predicted octanol–water partition coefficient (Wildman–Crippen LogP) is 4.48. The highest BCUT2D eigenvalue weighted by molar-refractivity contribution is 9.10. The number of phenols is 1. The molecule has 19 heavy (non-hydrogen) atoms. The molecular formula is C15H11BrO3. The number of furan rings is 1. The number of fused-ring (bicyclic) bond motifs is 1. The van der Waals surface area contributed by atoms with E-state index in [4.69, 9.17) is 9.15 Å². The lowest BCUT2D eigenvalue weighted by Crippen LogP contribution is -1.92. The molecule has 0 atom stereocenters. The van der Waals surface area contributed by atoms with E-state index >= 15 is 0 Å². The van der Waals surface area contributed by atoms with Crippen LogP contribution in [0.3, 0.4) is 0 Å². The van der Waals surface area contributed by atoms with Crippen LogP contribution in [0.25, 0.3) is 11.0 Å². The number of benzene rings is 2. The lowest BCUT2D eigenvalue weighted by Gasteiger charge is -2.03. The van der Waals surface area contributed by atoms with Gasteiger partial charge in [0.25, 0.3) is 0 Å². The minimum absolute atomic E-state index is 0.186. The SMILES string of the molecule is Oc1cccc(OCc2cc3ccc(Br)cc3o2)c1. The number of hydrogen-bond acceptors (Lipinski definition) is 3. The molecule has 96 valence electrons. The minimum Gasteiger partial charge on any atom is -0.508 e. The van der Waals surface area contributed by atoms with Gasteiger partial charge >= 0.3 is 0 Å². The molecule has 0 amide bonds. The Labute approximate surface area is 118 Å². The molecule has 0 fully saturated rings. The molecule has 0 aliphatic carbocycles. The van der Waals surface area contributed by atoms with Gasteiger partial charge in [-0.15, -0.1) is 0 Å². The van der Waals surface area contributed by atoms with Crippen LogP contribution >= 0.6 is 15.9 Å². The second-order valence-corrected chi connectivity index (χ2v) is 5.10. The van der Waals surface area contributed by atoms with Gasteiger partial charge in [0.05, 0.1) is 0 Å². The van der Waals surface area contributed by atoms with Gasteiger partial charge in [0.2, 0.25) is 0 Å². The number of ether oxygens (including phenoxy) is 1. The zero-order valence-corrected chi connectivity index (χ0v) is 11.6. The van der Waals surface area contributed by atoms with Gasteiger partial charge in [0.15, 0.2) is 0 Å². The van der Waals surface area contributed by atoms with Crippen molar-refractivity contribution in [3.63, 3.8) is 0 Å². The minimum atomic E-state index is 0.186. The molecule has 1 N–H and O–H groups in total. The number of halogens is 1. The zero-order valence-electron chi connectivity index (χ0n) is 9.97. The predicted molar refractivity (Wildman–Crippen MR) is 76.4 cm³/mol. The Morgan fingerprint density at radius 2 is 2.00 bits per heavy atom. The molecule has 1 heterocycles. The van der Waals surface area contributed by atoms with Crippen LogP contribution < -0.4 is 4.74 Å². The normalized spacial score (nSPS) is 10.8. The molecule has 2 aromatic carbocycles. The molecule has 4 heteroatoms. The second-order valence-electron chi connectivity index (χ2n) is 4.18. The maximum absolute atomic E-state index is 9.35. The summed E-state index contributed by atoms with van der Waals surface area (Å²) in [6.45, 7) is 0.329. The second kappa shape index (κ2) is 4.97. The third-order valence-electron chi connectivity index (χ3n) is 2.73. The Morgan fingerprint density at radius 1 is 1.11 bits per heavy atom. The van der Waals surface area contributed by atoms with Crippen LogP contribution in [0.2, 0.25) is 0 Å².